The summed E-state index contributed by atoms with van der Waals surface area (Å²) in [5, 5.41) is 11.5. The van der Waals surface area contributed by atoms with E-state index in [1.807, 2.05) is 0 Å². The van der Waals surface area contributed by atoms with E-state index in [-0.39, 0.29) is 12.2 Å². The Bertz CT molecular complexity index is 415. The number of amides is 1. The Hall–Kier alpha value is -2.24. The van der Waals surface area contributed by atoms with E-state index in [1.54, 1.807) is 12.1 Å². The second kappa shape index (κ2) is 6.48. The Morgan fingerprint density at radius 1 is 1.22 bits per heavy atom. The summed E-state index contributed by atoms with van der Waals surface area (Å²) in [7, 11) is 2.45. The maximum Gasteiger partial charge on any atom is 0.407 e. The zero-order valence-corrected chi connectivity index (χ0v) is 10.2. The summed E-state index contributed by atoms with van der Waals surface area (Å²) in [5.74, 6) is -0.428. The van der Waals surface area contributed by atoms with Crippen molar-refractivity contribution in [1.82, 2.24) is 5.32 Å². The number of aromatic hydroxyl groups is 1. The summed E-state index contributed by atoms with van der Waals surface area (Å²) >= 11 is 0. The molecule has 1 aromatic carbocycles. The van der Waals surface area contributed by atoms with Crippen LogP contribution in [0.15, 0.2) is 24.3 Å². The molecule has 0 heterocycles. The van der Waals surface area contributed by atoms with Gasteiger partial charge < -0.3 is 19.9 Å². The average Bonchev–Trinajstić information content (AvgIpc) is 2.39. The van der Waals surface area contributed by atoms with Crippen LogP contribution in [0.3, 0.4) is 0 Å². The molecule has 98 valence electrons. The Balaban J connectivity index is 2.74. The summed E-state index contributed by atoms with van der Waals surface area (Å²) in [4.78, 5) is 22.6. The van der Waals surface area contributed by atoms with Crippen LogP contribution in [0.2, 0.25) is 0 Å². The molecule has 0 aliphatic heterocycles. The Kier molecular flexibility index (Phi) is 4.98. The van der Waals surface area contributed by atoms with Crippen LogP contribution >= 0.6 is 0 Å². The number of carbonyl (C=O) groups excluding carboxylic acids is 2. The number of methoxy groups -OCH3 is 2. The quantitative estimate of drug-likeness (QED) is 0.776. The fraction of sp³-hybridized carbons (Fsp3) is 0.333. The summed E-state index contributed by atoms with van der Waals surface area (Å²) in [6.45, 7) is 0. The van der Waals surface area contributed by atoms with E-state index >= 15 is 0 Å². The first-order valence-corrected chi connectivity index (χ1v) is 5.27. The molecule has 0 aliphatic carbocycles. The smallest absolute Gasteiger partial charge is 0.407 e. The highest BCUT2D eigenvalue weighted by atomic mass is 16.5. The molecular weight excluding hydrogens is 238 g/mol. The Morgan fingerprint density at radius 3 is 2.33 bits per heavy atom. The van der Waals surface area contributed by atoms with Gasteiger partial charge in [0, 0.05) is 6.42 Å². The van der Waals surface area contributed by atoms with Crippen molar-refractivity contribution in [2.75, 3.05) is 14.2 Å². The van der Waals surface area contributed by atoms with Crippen LogP contribution in [0.1, 0.15) is 5.56 Å². The molecule has 0 aromatic heterocycles. The topological polar surface area (TPSA) is 84.9 Å². The van der Waals surface area contributed by atoms with Gasteiger partial charge in [-0.2, -0.15) is 0 Å². The Labute approximate surface area is 105 Å². The monoisotopic (exact) mass is 253 g/mol. The lowest BCUT2D eigenvalue weighted by Gasteiger charge is -2.15. The van der Waals surface area contributed by atoms with Crippen molar-refractivity contribution in [1.29, 1.82) is 0 Å². The van der Waals surface area contributed by atoms with Crippen molar-refractivity contribution in [2.45, 2.75) is 12.5 Å². The number of hydrogen-bond acceptors (Lipinski definition) is 5. The molecule has 2 N–H and O–H groups in total. The van der Waals surface area contributed by atoms with E-state index < -0.39 is 18.1 Å². The predicted molar refractivity (Wildman–Crippen MR) is 63.2 cm³/mol. The van der Waals surface area contributed by atoms with Gasteiger partial charge >= 0.3 is 12.1 Å². The Morgan fingerprint density at radius 2 is 1.83 bits per heavy atom. The third-order valence-electron chi connectivity index (χ3n) is 2.34. The first kappa shape index (κ1) is 13.8. The summed E-state index contributed by atoms with van der Waals surface area (Å²) in [6, 6.07) is 5.49. The fourth-order valence-corrected chi connectivity index (χ4v) is 1.40. The summed E-state index contributed by atoms with van der Waals surface area (Å²) < 4.78 is 9.03. The lowest BCUT2D eigenvalue weighted by atomic mass is 10.1. The van der Waals surface area contributed by atoms with Crippen LogP contribution in [-0.2, 0) is 20.7 Å². The largest absolute Gasteiger partial charge is 0.508 e. The van der Waals surface area contributed by atoms with Crippen LogP contribution in [-0.4, -0.2) is 37.4 Å². The van der Waals surface area contributed by atoms with E-state index in [2.05, 4.69) is 14.8 Å². The molecule has 1 amide bonds. The van der Waals surface area contributed by atoms with Crippen LogP contribution < -0.4 is 5.32 Å². The highest BCUT2D eigenvalue weighted by Gasteiger charge is 2.22. The number of esters is 1. The van der Waals surface area contributed by atoms with Gasteiger partial charge in [-0.1, -0.05) is 12.1 Å². The van der Waals surface area contributed by atoms with Gasteiger partial charge in [0.1, 0.15) is 11.8 Å². The third-order valence-corrected chi connectivity index (χ3v) is 2.34. The molecule has 0 unspecified atom stereocenters. The van der Waals surface area contributed by atoms with Crippen LogP contribution in [0.5, 0.6) is 5.75 Å². The number of phenols is 1. The highest BCUT2D eigenvalue weighted by molar-refractivity contribution is 5.81. The molecule has 0 aliphatic rings. The van der Waals surface area contributed by atoms with Crippen molar-refractivity contribution in [3.63, 3.8) is 0 Å². The molecule has 6 nitrogen and oxygen atoms in total. The summed E-state index contributed by atoms with van der Waals surface area (Å²) in [6.07, 6.45) is -0.452. The minimum absolute atomic E-state index is 0.134. The van der Waals surface area contributed by atoms with Gasteiger partial charge in [-0.05, 0) is 17.7 Å². The highest BCUT2D eigenvalue weighted by Crippen LogP contribution is 2.11. The van der Waals surface area contributed by atoms with Crippen molar-refractivity contribution in [3.8, 4) is 5.75 Å². The minimum Gasteiger partial charge on any atom is -0.508 e. The number of alkyl carbamates (subject to hydrolysis) is 1. The standard InChI is InChI=1S/C12H15NO5/c1-17-11(15)10(13-12(16)18-2)7-8-3-5-9(14)6-4-8/h3-6,10,14H,7H2,1-2H3,(H,13,16)/t10-/m0/s1. The number of phenolic OH excluding ortho intramolecular Hbond substituents is 1. The van der Waals surface area contributed by atoms with Gasteiger partial charge in [0.25, 0.3) is 0 Å². The fourth-order valence-electron chi connectivity index (χ4n) is 1.40. The number of nitrogens with one attached hydrogen (secondary N) is 1. The van der Waals surface area contributed by atoms with E-state index in [9.17, 15) is 9.59 Å². The average molecular weight is 253 g/mol. The molecule has 1 aromatic rings. The van der Waals surface area contributed by atoms with Crippen molar-refractivity contribution in [2.24, 2.45) is 0 Å². The van der Waals surface area contributed by atoms with Gasteiger partial charge in [0.05, 0.1) is 14.2 Å². The van der Waals surface area contributed by atoms with E-state index in [0.717, 1.165) is 5.56 Å². The van der Waals surface area contributed by atoms with Gasteiger partial charge in [-0.3, -0.25) is 0 Å². The molecule has 1 rings (SSSR count). The normalized spacial score (nSPS) is 11.4. The summed E-state index contributed by atoms with van der Waals surface area (Å²) in [5.41, 5.74) is 0.777. The maximum absolute atomic E-state index is 11.5. The lowest BCUT2D eigenvalue weighted by Crippen LogP contribution is -2.42. The molecule has 0 radical (unpaired) electrons. The maximum atomic E-state index is 11.5. The van der Waals surface area contributed by atoms with Crippen LogP contribution in [0, 0.1) is 0 Å². The molecule has 0 saturated heterocycles. The van der Waals surface area contributed by atoms with Gasteiger partial charge in [0.2, 0.25) is 0 Å². The molecule has 6 heteroatoms. The molecule has 18 heavy (non-hydrogen) atoms. The second-order valence-electron chi connectivity index (χ2n) is 3.58. The second-order valence-corrected chi connectivity index (χ2v) is 3.58. The molecule has 0 saturated carbocycles. The number of hydrogen-bond donors (Lipinski definition) is 2. The van der Waals surface area contributed by atoms with Crippen molar-refractivity contribution < 1.29 is 24.2 Å². The lowest BCUT2D eigenvalue weighted by molar-refractivity contribution is -0.142. The first-order chi connectivity index (χ1) is 8.56. The van der Waals surface area contributed by atoms with Crippen LogP contribution in [0.25, 0.3) is 0 Å². The molecule has 0 bridgehead atoms. The molecule has 0 fully saturated rings. The van der Waals surface area contributed by atoms with Gasteiger partial charge in [-0.25, -0.2) is 9.59 Å². The van der Waals surface area contributed by atoms with Gasteiger partial charge in [-0.15, -0.1) is 0 Å². The van der Waals surface area contributed by atoms with Crippen molar-refractivity contribution in [3.05, 3.63) is 29.8 Å². The van der Waals surface area contributed by atoms with Crippen LogP contribution in [0.4, 0.5) is 4.79 Å². The van der Waals surface area contributed by atoms with Crippen molar-refractivity contribution >= 4 is 12.1 Å². The predicted octanol–water partition coefficient (Wildman–Crippen LogP) is 0.832. The molecule has 1 atom stereocenters. The number of ether oxygens (including phenoxy) is 2. The number of benzene rings is 1. The first-order valence-electron chi connectivity index (χ1n) is 5.27. The SMILES string of the molecule is COC(=O)N[C@@H](Cc1ccc(O)cc1)C(=O)OC. The van der Waals surface area contributed by atoms with E-state index in [1.165, 1.54) is 26.4 Å². The third kappa shape index (κ3) is 3.97. The number of rotatable bonds is 4. The van der Waals surface area contributed by atoms with E-state index in [0.29, 0.717) is 0 Å². The van der Waals surface area contributed by atoms with E-state index in [4.69, 9.17) is 5.11 Å². The zero-order valence-electron chi connectivity index (χ0n) is 10.2. The molecular formula is C12H15NO5. The minimum atomic E-state index is -0.827. The molecule has 0 spiro atoms. The zero-order chi connectivity index (χ0) is 13.5. The number of carbonyl (C=O) groups is 2. The van der Waals surface area contributed by atoms with Gasteiger partial charge in [0.15, 0.2) is 0 Å².